The fourth-order valence-corrected chi connectivity index (χ4v) is 2.99. The molecule has 0 saturated heterocycles. The van der Waals surface area contributed by atoms with Crippen molar-refractivity contribution < 1.29 is 4.79 Å². The van der Waals surface area contributed by atoms with E-state index in [1.807, 2.05) is 54.6 Å². The maximum atomic E-state index is 12.2. The molecule has 2 N–H and O–H groups in total. The molecule has 5 nitrogen and oxygen atoms in total. The van der Waals surface area contributed by atoms with Crippen LogP contribution in [0.3, 0.4) is 0 Å². The van der Waals surface area contributed by atoms with Gasteiger partial charge in [-0.3, -0.25) is 10.0 Å². The Morgan fingerprint density at radius 3 is 2.67 bits per heavy atom. The standard InChI is InChI=1S/C18H20N4OS/c1-2-3-13-22-16-12-8-7-11-15(16)19-17(22)20-18(23)21-24-14-9-5-4-6-10-14/h4-12H,2-3,13H2,1H3,(H2,19,20,21,23). The Labute approximate surface area is 145 Å². The van der Waals surface area contributed by atoms with Crippen LogP contribution in [0.2, 0.25) is 0 Å². The van der Waals surface area contributed by atoms with Crippen molar-refractivity contribution in [2.75, 3.05) is 5.32 Å². The van der Waals surface area contributed by atoms with Crippen LogP contribution in [0, 0.1) is 0 Å². The number of nitrogens with one attached hydrogen (secondary N) is 2. The van der Waals surface area contributed by atoms with Gasteiger partial charge < -0.3 is 4.57 Å². The number of hydrogen-bond acceptors (Lipinski definition) is 3. The van der Waals surface area contributed by atoms with Crippen molar-refractivity contribution in [3.05, 3.63) is 54.6 Å². The quantitative estimate of drug-likeness (QED) is 0.641. The van der Waals surface area contributed by atoms with Gasteiger partial charge in [-0.05, 0) is 42.6 Å². The Hall–Kier alpha value is -2.47. The van der Waals surface area contributed by atoms with E-state index in [1.54, 1.807) is 0 Å². The third-order valence-corrected chi connectivity index (χ3v) is 4.42. The summed E-state index contributed by atoms with van der Waals surface area (Å²) in [5.74, 6) is 0.579. The van der Waals surface area contributed by atoms with E-state index in [0.29, 0.717) is 5.95 Å². The lowest BCUT2D eigenvalue weighted by molar-refractivity contribution is 0.257. The summed E-state index contributed by atoms with van der Waals surface area (Å²) in [5, 5.41) is 2.86. The molecule has 0 radical (unpaired) electrons. The van der Waals surface area contributed by atoms with Crippen molar-refractivity contribution in [1.82, 2.24) is 14.3 Å². The third kappa shape index (κ3) is 3.89. The van der Waals surface area contributed by atoms with Gasteiger partial charge >= 0.3 is 6.03 Å². The van der Waals surface area contributed by atoms with Crippen LogP contribution in [-0.4, -0.2) is 15.6 Å². The number of imidazole rings is 1. The molecule has 0 aliphatic carbocycles. The van der Waals surface area contributed by atoms with Crippen LogP contribution >= 0.6 is 11.9 Å². The smallest absolute Gasteiger partial charge is 0.310 e. The van der Waals surface area contributed by atoms with E-state index in [0.717, 1.165) is 35.3 Å². The van der Waals surface area contributed by atoms with Gasteiger partial charge in [-0.2, -0.15) is 0 Å². The maximum absolute atomic E-state index is 12.2. The first-order valence-electron chi connectivity index (χ1n) is 8.02. The van der Waals surface area contributed by atoms with Gasteiger partial charge in [0.2, 0.25) is 5.95 Å². The summed E-state index contributed by atoms with van der Waals surface area (Å²) in [7, 11) is 0. The first-order chi connectivity index (χ1) is 11.8. The van der Waals surface area contributed by atoms with Gasteiger partial charge in [-0.1, -0.05) is 43.7 Å². The number of carbonyl (C=O) groups excluding carboxylic acids is 1. The lowest BCUT2D eigenvalue weighted by Crippen LogP contribution is -2.24. The molecule has 0 saturated carbocycles. The predicted molar refractivity (Wildman–Crippen MR) is 99.1 cm³/mol. The first kappa shape index (κ1) is 16.4. The highest BCUT2D eigenvalue weighted by Crippen LogP contribution is 2.21. The number of aryl methyl sites for hydroxylation is 1. The highest BCUT2D eigenvalue weighted by atomic mass is 32.2. The largest absolute Gasteiger partial charge is 0.331 e. The van der Waals surface area contributed by atoms with Crippen LogP contribution in [0.1, 0.15) is 19.8 Å². The molecule has 3 rings (SSSR count). The van der Waals surface area contributed by atoms with Crippen LogP contribution in [0.5, 0.6) is 0 Å². The zero-order valence-electron chi connectivity index (χ0n) is 13.5. The molecule has 6 heteroatoms. The van der Waals surface area contributed by atoms with Crippen molar-refractivity contribution in [1.29, 1.82) is 0 Å². The number of unbranched alkanes of at least 4 members (excludes halogenated alkanes) is 1. The summed E-state index contributed by atoms with van der Waals surface area (Å²) in [6, 6.07) is 17.4. The minimum absolute atomic E-state index is 0.281. The summed E-state index contributed by atoms with van der Waals surface area (Å²) in [5.41, 5.74) is 1.93. The molecule has 0 unspecified atom stereocenters. The summed E-state index contributed by atoms with van der Waals surface area (Å²) in [6.45, 7) is 2.98. The van der Waals surface area contributed by atoms with E-state index in [2.05, 4.69) is 26.5 Å². The zero-order chi connectivity index (χ0) is 16.8. The number of nitrogens with zero attached hydrogens (tertiary/aromatic N) is 2. The number of hydrogen-bond donors (Lipinski definition) is 2. The highest BCUT2D eigenvalue weighted by Gasteiger charge is 2.12. The molecule has 1 aromatic heterocycles. The Bertz CT molecular complexity index is 816. The average Bonchev–Trinajstić information content (AvgIpc) is 2.96. The van der Waals surface area contributed by atoms with Crippen molar-refractivity contribution >= 4 is 35.0 Å². The van der Waals surface area contributed by atoms with E-state index in [1.165, 1.54) is 11.9 Å². The number of benzene rings is 2. The highest BCUT2D eigenvalue weighted by molar-refractivity contribution is 7.98. The molecule has 124 valence electrons. The Morgan fingerprint density at radius 2 is 1.88 bits per heavy atom. The third-order valence-electron chi connectivity index (χ3n) is 3.62. The van der Waals surface area contributed by atoms with E-state index in [9.17, 15) is 4.79 Å². The number of para-hydroxylation sites is 2. The Morgan fingerprint density at radius 1 is 1.12 bits per heavy atom. The number of fused-ring (bicyclic) bond motifs is 1. The van der Waals surface area contributed by atoms with Crippen LogP contribution in [0.25, 0.3) is 11.0 Å². The second kappa shape index (κ2) is 7.88. The molecule has 0 aliphatic rings. The minimum Gasteiger partial charge on any atom is -0.310 e. The molecule has 2 aromatic carbocycles. The normalized spacial score (nSPS) is 10.7. The topological polar surface area (TPSA) is 59.0 Å². The maximum Gasteiger partial charge on any atom is 0.331 e. The number of amides is 2. The summed E-state index contributed by atoms with van der Waals surface area (Å²) in [6.07, 6.45) is 2.12. The number of rotatable bonds is 6. The molecule has 0 spiro atoms. The molecule has 3 aromatic rings. The molecule has 0 fully saturated rings. The fourth-order valence-electron chi connectivity index (χ4n) is 2.43. The van der Waals surface area contributed by atoms with Crippen molar-refractivity contribution in [2.45, 2.75) is 31.2 Å². The summed E-state index contributed by atoms with van der Waals surface area (Å²) in [4.78, 5) is 17.7. The first-order valence-corrected chi connectivity index (χ1v) is 8.83. The molecule has 0 bridgehead atoms. The number of aromatic nitrogens is 2. The minimum atomic E-state index is -0.281. The van der Waals surface area contributed by atoms with Crippen molar-refractivity contribution in [2.24, 2.45) is 0 Å². The second-order valence-electron chi connectivity index (χ2n) is 5.40. The lowest BCUT2D eigenvalue weighted by Gasteiger charge is -2.10. The summed E-state index contributed by atoms with van der Waals surface area (Å²) >= 11 is 1.28. The molecular weight excluding hydrogens is 320 g/mol. The zero-order valence-corrected chi connectivity index (χ0v) is 14.3. The molecular formula is C18H20N4OS. The molecule has 0 aliphatic heterocycles. The van der Waals surface area contributed by atoms with Crippen LogP contribution in [0.15, 0.2) is 59.5 Å². The molecule has 24 heavy (non-hydrogen) atoms. The van der Waals surface area contributed by atoms with Crippen LogP contribution in [-0.2, 0) is 6.54 Å². The van der Waals surface area contributed by atoms with Gasteiger partial charge in [0, 0.05) is 11.4 Å². The average molecular weight is 340 g/mol. The van der Waals surface area contributed by atoms with E-state index in [4.69, 9.17) is 0 Å². The van der Waals surface area contributed by atoms with Crippen LogP contribution < -0.4 is 10.0 Å². The van der Waals surface area contributed by atoms with Gasteiger partial charge in [-0.15, -0.1) is 0 Å². The molecule has 0 atom stereocenters. The predicted octanol–water partition coefficient (Wildman–Crippen LogP) is 4.67. The number of urea groups is 1. The molecule has 2 amide bonds. The molecule has 1 heterocycles. The summed E-state index contributed by atoms with van der Waals surface area (Å²) < 4.78 is 4.85. The SMILES string of the molecule is CCCCn1c(NC(=O)NSc2ccccc2)nc2ccccc21. The van der Waals surface area contributed by atoms with Gasteiger partial charge in [0.05, 0.1) is 11.0 Å². The number of carbonyl (C=O) groups is 1. The fraction of sp³-hybridized carbons (Fsp3) is 0.222. The van der Waals surface area contributed by atoms with Crippen LogP contribution in [0.4, 0.5) is 10.7 Å². The van der Waals surface area contributed by atoms with Crippen molar-refractivity contribution in [3.63, 3.8) is 0 Å². The number of anilines is 1. The monoisotopic (exact) mass is 340 g/mol. The Kier molecular flexibility index (Phi) is 5.38. The van der Waals surface area contributed by atoms with E-state index >= 15 is 0 Å². The van der Waals surface area contributed by atoms with Gasteiger partial charge in [0.15, 0.2) is 0 Å². The van der Waals surface area contributed by atoms with E-state index in [-0.39, 0.29) is 6.03 Å². The van der Waals surface area contributed by atoms with Gasteiger partial charge in [-0.25, -0.2) is 9.78 Å². The second-order valence-corrected chi connectivity index (χ2v) is 6.28. The van der Waals surface area contributed by atoms with Crippen molar-refractivity contribution in [3.8, 4) is 0 Å². The van der Waals surface area contributed by atoms with E-state index < -0.39 is 0 Å². The lowest BCUT2D eigenvalue weighted by atomic mass is 10.3. The van der Waals surface area contributed by atoms with Gasteiger partial charge in [0.1, 0.15) is 0 Å². The Balaban J connectivity index is 1.72. The van der Waals surface area contributed by atoms with Gasteiger partial charge in [0.25, 0.3) is 0 Å².